The van der Waals surface area contributed by atoms with Crippen LogP contribution in [-0.2, 0) is 11.3 Å². The molecule has 0 fully saturated rings. The van der Waals surface area contributed by atoms with E-state index in [0.717, 1.165) is 27.7 Å². The summed E-state index contributed by atoms with van der Waals surface area (Å²) < 4.78 is 7.42. The molecule has 0 spiro atoms. The number of nitrogens with one attached hydrogen (secondary N) is 2. The average Bonchev–Trinajstić information content (AvgIpc) is 2.98. The molecule has 6 heteroatoms. The number of hydrogen-bond donors (Lipinski definition) is 2. The lowest BCUT2D eigenvalue weighted by molar-refractivity contribution is 0.0952. The molecule has 148 valence electrons. The van der Waals surface area contributed by atoms with E-state index >= 15 is 0 Å². The van der Waals surface area contributed by atoms with Crippen LogP contribution in [0.2, 0.25) is 0 Å². The van der Waals surface area contributed by atoms with Gasteiger partial charge < -0.3 is 19.6 Å². The number of carbonyl (C=O) groups is 1. The lowest BCUT2D eigenvalue weighted by Gasteiger charge is -2.14. The van der Waals surface area contributed by atoms with E-state index in [2.05, 4.69) is 28.0 Å². The molecule has 0 aliphatic heterocycles. The first-order valence-corrected chi connectivity index (χ1v) is 9.40. The summed E-state index contributed by atoms with van der Waals surface area (Å²) in [4.78, 5) is 27.9. The fourth-order valence-corrected chi connectivity index (χ4v) is 3.75. The van der Waals surface area contributed by atoms with Gasteiger partial charge >= 0.3 is 0 Å². The van der Waals surface area contributed by atoms with Crippen LogP contribution >= 0.6 is 0 Å². The van der Waals surface area contributed by atoms with Crippen LogP contribution in [0, 0.1) is 20.8 Å². The van der Waals surface area contributed by atoms with Crippen LogP contribution in [0.3, 0.4) is 0 Å². The summed E-state index contributed by atoms with van der Waals surface area (Å²) in [5.74, 6) is -0.190. The molecule has 1 atom stereocenters. The second-order valence-electron chi connectivity index (χ2n) is 7.35. The molecule has 0 aliphatic rings. The van der Waals surface area contributed by atoms with E-state index < -0.39 is 0 Å². The fraction of sp³-hybridized carbons (Fsp3) is 0.364. The summed E-state index contributed by atoms with van der Waals surface area (Å²) in [5, 5.41) is 3.83. The molecule has 0 saturated heterocycles. The maximum atomic E-state index is 12.9. The van der Waals surface area contributed by atoms with E-state index in [1.54, 1.807) is 7.11 Å². The number of ether oxygens (including phenoxy) is 1. The Morgan fingerprint density at radius 2 is 2.00 bits per heavy atom. The molecule has 3 aromatic rings. The Morgan fingerprint density at radius 1 is 1.25 bits per heavy atom. The SMILES string of the molecule is COC[C@@H](C)n1cc(C)c2c(C(=O)NCc3c(C)cc(C)[nH]c3=O)cccc21. The number of amides is 1. The maximum absolute atomic E-state index is 12.9. The summed E-state index contributed by atoms with van der Waals surface area (Å²) in [6.45, 7) is 8.60. The Hall–Kier alpha value is -2.86. The standard InChI is InChI=1S/C22H27N3O3/c1-13-9-15(3)24-22(27)18(13)10-23-21(26)17-7-6-8-19-20(17)14(2)11-25(19)16(4)12-28-5/h6-9,11,16H,10,12H2,1-5H3,(H,23,26)(H,24,27)/t16-/m1/s1. The zero-order chi connectivity index (χ0) is 20.4. The molecule has 3 rings (SSSR count). The molecule has 6 nitrogen and oxygen atoms in total. The minimum atomic E-state index is -0.190. The normalized spacial score (nSPS) is 12.3. The summed E-state index contributed by atoms with van der Waals surface area (Å²) in [6, 6.07) is 7.79. The molecule has 2 heterocycles. The molecule has 0 radical (unpaired) electrons. The zero-order valence-electron chi connectivity index (χ0n) is 17.1. The highest BCUT2D eigenvalue weighted by atomic mass is 16.5. The lowest BCUT2D eigenvalue weighted by Crippen LogP contribution is -2.28. The molecule has 0 bridgehead atoms. The number of methoxy groups -OCH3 is 1. The molecule has 2 N–H and O–H groups in total. The van der Waals surface area contributed by atoms with Gasteiger partial charge in [-0.2, -0.15) is 0 Å². The first kappa shape index (κ1) is 19.9. The van der Waals surface area contributed by atoms with Gasteiger partial charge in [0.15, 0.2) is 0 Å². The van der Waals surface area contributed by atoms with Gasteiger partial charge in [0.2, 0.25) is 0 Å². The minimum Gasteiger partial charge on any atom is -0.383 e. The van der Waals surface area contributed by atoms with Crippen molar-refractivity contribution in [3.05, 3.63) is 68.8 Å². The third kappa shape index (κ3) is 3.73. The first-order valence-electron chi connectivity index (χ1n) is 9.40. The van der Waals surface area contributed by atoms with E-state index in [1.807, 2.05) is 45.0 Å². The van der Waals surface area contributed by atoms with Crippen molar-refractivity contribution in [3.63, 3.8) is 0 Å². The summed E-state index contributed by atoms with van der Waals surface area (Å²) >= 11 is 0. The van der Waals surface area contributed by atoms with Gasteiger partial charge in [-0.3, -0.25) is 9.59 Å². The Kier molecular flexibility index (Phi) is 5.70. The number of aryl methyl sites for hydroxylation is 3. The minimum absolute atomic E-state index is 0.160. The van der Waals surface area contributed by atoms with E-state index in [4.69, 9.17) is 4.74 Å². The third-order valence-corrected chi connectivity index (χ3v) is 5.09. The fourth-order valence-electron chi connectivity index (χ4n) is 3.75. The van der Waals surface area contributed by atoms with Crippen molar-refractivity contribution in [3.8, 4) is 0 Å². The van der Waals surface area contributed by atoms with E-state index in [0.29, 0.717) is 17.7 Å². The largest absolute Gasteiger partial charge is 0.383 e. The number of H-pyrrole nitrogens is 1. The van der Waals surface area contributed by atoms with Crippen LogP contribution in [0.15, 0.2) is 35.3 Å². The van der Waals surface area contributed by atoms with Crippen LogP contribution in [0.5, 0.6) is 0 Å². The number of pyridine rings is 1. The van der Waals surface area contributed by atoms with E-state index in [9.17, 15) is 9.59 Å². The molecule has 1 aromatic carbocycles. The molecule has 2 aromatic heterocycles. The topological polar surface area (TPSA) is 76.1 Å². The van der Waals surface area contributed by atoms with Crippen LogP contribution in [0.1, 0.15) is 45.7 Å². The number of carbonyl (C=O) groups excluding carboxylic acids is 1. The van der Waals surface area contributed by atoms with Gasteiger partial charge in [0.05, 0.1) is 12.6 Å². The van der Waals surface area contributed by atoms with Gasteiger partial charge in [0, 0.05) is 47.6 Å². The average molecular weight is 381 g/mol. The van der Waals surface area contributed by atoms with Crippen molar-refractivity contribution >= 4 is 16.8 Å². The lowest BCUT2D eigenvalue weighted by atomic mass is 10.1. The van der Waals surface area contributed by atoms with Gasteiger partial charge in [0.1, 0.15) is 0 Å². The number of nitrogens with zero attached hydrogens (tertiary/aromatic N) is 1. The van der Waals surface area contributed by atoms with Crippen molar-refractivity contribution in [2.24, 2.45) is 0 Å². The van der Waals surface area contributed by atoms with Crippen molar-refractivity contribution in [2.75, 3.05) is 13.7 Å². The number of aromatic nitrogens is 2. The second kappa shape index (κ2) is 8.02. The summed E-state index contributed by atoms with van der Waals surface area (Å²) in [5.41, 5.74) is 4.74. The van der Waals surface area contributed by atoms with Gasteiger partial charge in [-0.1, -0.05) is 6.07 Å². The molecular formula is C22H27N3O3. The predicted octanol–water partition coefficient (Wildman–Crippen LogP) is 3.39. The van der Waals surface area contributed by atoms with Gasteiger partial charge in [-0.15, -0.1) is 0 Å². The molecular weight excluding hydrogens is 354 g/mol. The monoisotopic (exact) mass is 381 g/mol. The highest BCUT2D eigenvalue weighted by Gasteiger charge is 2.18. The van der Waals surface area contributed by atoms with Crippen LogP contribution < -0.4 is 10.9 Å². The van der Waals surface area contributed by atoms with Crippen molar-refractivity contribution in [2.45, 2.75) is 40.3 Å². The Labute approximate surface area is 164 Å². The van der Waals surface area contributed by atoms with Crippen molar-refractivity contribution in [1.82, 2.24) is 14.9 Å². The van der Waals surface area contributed by atoms with Gasteiger partial charge in [0.25, 0.3) is 11.5 Å². The second-order valence-corrected chi connectivity index (χ2v) is 7.35. The molecule has 0 unspecified atom stereocenters. The molecule has 28 heavy (non-hydrogen) atoms. The number of hydrogen-bond acceptors (Lipinski definition) is 3. The summed E-state index contributed by atoms with van der Waals surface area (Å²) in [7, 11) is 1.68. The number of benzene rings is 1. The Balaban J connectivity index is 1.92. The van der Waals surface area contributed by atoms with Crippen molar-refractivity contribution < 1.29 is 9.53 Å². The Bertz CT molecular complexity index is 1080. The maximum Gasteiger partial charge on any atom is 0.253 e. The number of rotatable bonds is 6. The van der Waals surface area contributed by atoms with Gasteiger partial charge in [-0.25, -0.2) is 0 Å². The predicted molar refractivity (Wildman–Crippen MR) is 111 cm³/mol. The van der Waals surface area contributed by atoms with E-state index in [1.165, 1.54) is 0 Å². The van der Waals surface area contributed by atoms with Crippen LogP contribution in [-0.4, -0.2) is 29.2 Å². The quantitative estimate of drug-likeness (QED) is 0.687. The number of aromatic amines is 1. The Morgan fingerprint density at radius 3 is 2.68 bits per heavy atom. The van der Waals surface area contributed by atoms with E-state index in [-0.39, 0.29) is 24.1 Å². The smallest absolute Gasteiger partial charge is 0.253 e. The number of fused-ring (bicyclic) bond motifs is 1. The van der Waals surface area contributed by atoms with Crippen LogP contribution in [0.4, 0.5) is 0 Å². The third-order valence-electron chi connectivity index (χ3n) is 5.09. The molecule has 1 amide bonds. The first-order chi connectivity index (χ1) is 13.3. The van der Waals surface area contributed by atoms with Gasteiger partial charge in [-0.05, 0) is 57.0 Å². The highest BCUT2D eigenvalue weighted by Crippen LogP contribution is 2.27. The molecule has 0 aliphatic carbocycles. The zero-order valence-corrected chi connectivity index (χ0v) is 17.1. The van der Waals surface area contributed by atoms with Crippen LogP contribution in [0.25, 0.3) is 10.9 Å². The van der Waals surface area contributed by atoms with Crippen molar-refractivity contribution in [1.29, 1.82) is 0 Å². The summed E-state index contributed by atoms with van der Waals surface area (Å²) in [6.07, 6.45) is 2.06. The molecule has 0 saturated carbocycles. The highest BCUT2D eigenvalue weighted by molar-refractivity contribution is 6.07.